The molecular weight excluding hydrogens is 396 g/mol. The van der Waals surface area contributed by atoms with Gasteiger partial charge in [0, 0.05) is 5.56 Å². The molecular formula is C29H46O3. The molecule has 0 aliphatic heterocycles. The summed E-state index contributed by atoms with van der Waals surface area (Å²) in [6.45, 7) is 16.0. The molecule has 0 fully saturated rings. The van der Waals surface area contributed by atoms with Gasteiger partial charge in [0.2, 0.25) is 0 Å². The Morgan fingerprint density at radius 1 is 0.781 bits per heavy atom. The number of rotatable bonds is 12. The molecule has 0 bridgehead atoms. The molecule has 0 saturated heterocycles. The zero-order chi connectivity index (χ0) is 24.5. The SMILES string of the molecule is CC/C(C)=C/CC/C(C)=C/CC/C(C)=C/CC(C)(O)CCc1c(C)c(O)c(C)c(C)c1O. The van der Waals surface area contributed by atoms with Crippen LogP contribution in [0.4, 0.5) is 0 Å². The summed E-state index contributed by atoms with van der Waals surface area (Å²) in [5.74, 6) is 0.480. The van der Waals surface area contributed by atoms with Crippen LogP contribution in [0.2, 0.25) is 0 Å². The van der Waals surface area contributed by atoms with Gasteiger partial charge in [-0.3, -0.25) is 0 Å². The molecule has 0 saturated carbocycles. The quantitative estimate of drug-likeness (QED) is 0.228. The molecule has 0 aliphatic rings. The lowest BCUT2D eigenvalue weighted by molar-refractivity contribution is 0.0539. The molecule has 0 aromatic heterocycles. The Morgan fingerprint density at radius 2 is 1.28 bits per heavy atom. The van der Waals surface area contributed by atoms with Gasteiger partial charge in [0.15, 0.2) is 0 Å². The van der Waals surface area contributed by atoms with Crippen molar-refractivity contribution in [3.63, 3.8) is 0 Å². The van der Waals surface area contributed by atoms with Crippen molar-refractivity contribution in [3.8, 4) is 11.5 Å². The first-order valence-electron chi connectivity index (χ1n) is 12.1. The molecule has 3 N–H and O–H groups in total. The van der Waals surface area contributed by atoms with E-state index in [2.05, 4.69) is 45.9 Å². The van der Waals surface area contributed by atoms with Gasteiger partial charge in [-0.05, 0) is 117 Å². The highest BCUT2D eigenvalue weighted by molar-refractivity contribution is 5.56. The standard InChI is InChI=1S/C29H46O3/c1-9-20(2)12-10-13-21(3)14-11-15-22(4)16-18-29(8,32)19-17-26-25(7)27(30)23(5)24(6)28(26)31/h12,14,16,30-32H,9-11,13,15,17-19H2,1-8H3/b20-12+,21-14+,22-16+. The van der Waals surface area contributed by atoms with Crippen LogP contribution in [0.15, 0.2) is 34.9 Å². The first kappa shape index (κ1) is 28.0. The van der Waals surface area contributed by atoms with Gasteiger partial charge in [-0.25, -0.2) is 0 Å². The number of hydrogen-bond acceptors (Lipinski definition) is 3. The molecule has 32 heavy (non-hydrogen) atoms. The molecule has 1 rings (SSSR count). The maximum absolute atomic E-state index is 10.9. The Kier molecular flexibility index (Phi) is 11.3. The van der Waals surface area contributed by atoms with Crippen LogP contribution in [0.1, 0.15) is 102 Å². The lowest BCUT2D eigenvalue weighted by Gasteiger charge is -2.24. The maximum Gasteiger partial charge on any atom is 0.122 e. The van der Waals surface area contributed by atoms with Gasteiger partial charge in [0.25, 0.3) is 0 Å². The summed E-state index contributed by atoms with van der Waals surface area (Å²) in [4.78, 5) is 0. The zero-order valence-electron chi connectivity index (χ0n) is 21.7. The Balaban J connectivity index is 2.59. The minimum Gasteiger partial charge on any atom is -0.507 e. The fraction of sp³-hybridized carbons (Fsp3) is 0.586. The van der Waals surface area contributed by atoms with Crippen molar-refractivity contribution in [2.75, 3.05) is 0 Å². The molecule has 1 aromatic rings. The largest absolute Gasteiger partial charge is 0.507 e. The van der Waals surface area contributed by atoms with Crippen LogP contribution in [-0.2, 0) is 6.42 Å². The van der Waals surface area contributed by atoms with Gasteiger partial charge < -0.3 is 15.3 Å². The summed E-state index contributed by atoms with van der Waals surface area (Å²) in [5.41, 5.74) is 6.19. The molecule has 0 spiro atoms. The maximum atomic E-state index is 10.9. The fourth-order valence-corrected chi connectivity index (χ4v) is 3.82. The molecule has 0 aliphatic carbocycles. The van der Waals surface area contributed by atoms with Crippen LogP contribution >= 0.6 is 0 Å². The van der Waals surface area contributed by atoms with Crippen LogP contribution in [0.25, 0.3) is 0 Å². The second-order valence-electron chi connectivity index (χ2n) is 9.83. The van der Waals surface area contributed by atoms with E-state index in [1.807, 2.05) is 27.7 Å². The fourth-order valence-electron chi connectivity index (χ4n) is 3.82. The molecule has 0 radical (unpaired) electrons. The number of phenolic OH excluding ortho intramolecular Hbond substituents is 2. The lowest BCUT2D eigenvalue weighted by Crippen LogP contribution is -2.24. The number of allylic oxidation sites excluding steroid dienone is 5. The van der Waals surface area contributed by atoms with Gasteiger partial charge in [-0.2, -0.15) is 0 Å². The Bertz CT molecular complexity index is 825. The Labute approximate surface area is 196 Å². The third kappa shape index (κ3) is 8.86. The van der Waals surface area contributed by atoms with Gasteiger partial charge in [-0.15, -0.1) is 0 Å². The Hall–Kier alpha value is -2.00. The first-order valence-corrected chi connectivity index (χ1v) is 12.1. The number of aromatic hydroxyl groups is 2. The molecule has 3 heteroatoms. The van der Waals surface area contributed by atoms with Crippen LogP contribution in [0.3, 0.4) is 0 Å². The third-order valence-corrected chi connectivity index (χ3v) is 6.79. The monoisotopic (exact) mass is 442 g/mol. The predicted molar refractivity (Wildman–Crippen MR) is 138 cm³/mol. The van der Waals surface area contributed by atoms with E-state index in [4.69, 9.17) is 0 Å². The molecule has 1 aromatic carbocycles. The van der Waals surface area contributed by atoms with Crippen molar-refractivity contribution in [1.29, 1.82) is 0 Å². The minimum absolute atomic E-state index is 0.239. The van der Waals surface area contributed by atoms with Crippen LogP contribution < -0.4 is 0 Å². The second-order valence-corrected chi connectivity index (χ2v) is 9.83. The number of benzene rings is 1. The number of hydrogen-bond donors (Lipinski definition) is 3. The average molecular weight is 443 g/mol. The van der Waals surface area contributed by atoms with Gasteiger partial charge in [-0.1, -0.05) is 41.9 Å². The topological polar surface area (TPSA) is 60.7 Å². The molecule has 1 unspecified atom stereocenters. The Morgan fingerprint density at radius 3 is 1.84 bits per heavy atom. The van der Waals surface area contributed by atoms with Crippen molar-refractivity contribution in [3.05, 3.63) is 57.2 Å². The van der Waals surface area contributed by atoms with E-state index in [0.29, 0.717) is 36.0 Å². The second kappa shape index (κ2) is 12.9. The summed E-state index contributed by atoms with van der Waals surface area (Å²) in [7, 11) is 0. The van der Waals surface area contributed by atoms with Gasteiger partial charge in [0.1, 0.15) is 11.5 Å². The molecule has 0 heterocycles. The van der Waals surface area contributed by atoms with E-state index >= 15 is 0 Å². The molecule has 180 valence electrons. The summed E-state index contributed by atoms with van der Waals surface area (Å²) < 4.78 is 0. The molecule has 1 atom stereocenters. The van der Waals surface area contributed by atoms with Crippen molar-refractivity contribution in [1.82, 2.24) is 0 Å². The van der Waals surface area contributed by atoms with Crippen molar-refractivity contribution < 1.29 is 15.3 Å². The van der Waals surface area contributed by atoms with Crippen LogP contribution in [0.5, 0.6) is 11.5 Å². The number of aliphatic hydroxyl groups is 1. The summed E-state index contributed by atoms with van der Waals surface area (Å²) in [5, 5.41) is 31.7. The highest BCUT2D eigenvalue weighted by Crippen LogP contribution is 2.37. The predicted octanol–water partition coefficient (Wildman–Crippen LogP) is 7.91. The van der Waals surface area contributed by atoms with Crippen molar-refractivity contribution in [2.45, 2.75) is 112 Å². The van der Waals surface area contributed by atoms with Crippen LogP contribution in [-0.4, -0.2) is 20.9 Å². The van der Waals surface area contributed by atoms with Crippen molar-refractivity contribution in [2.24, 2.45) is 0 Å². The lowest BCUT2D eigenvalue weighted by atomic mass is 9.88. The molecule has 3 nitrogen and oxygen atoms in total. The summed E-state index contributed by atoms with van der Waals surface area (Å²) >= 11 is 0. The van der Waals surface area contributed by atoms with E-state index in [1.54, 1.807) is 0 Å². The van der Waals surface area contributed by atoms with Gasteiger partial charge in [0.05, 0.1) is 5.60 Å². The molecule has 0 amide bonds. The third-order valence-electron chi connectivity index (χ3n) is 6.79. The number of phenols is 2. The normalized spacial score (nSPS) is 15.2. The van der Waals surface area contributed by atoms with E-state index in [1.165, 1.54) is 16.7 Å². The highest BCUT2D eigenvalue weighted by atomic mass is 16.3. The van der Waals surface area contributed by atoms with Gasteiger partial charge >= 0.3 is 0 Å². The first-order chi connectivity index (χ1) is 14.9. The van der Waals surface area contributed by atoms with Crippen molar-refractivity contribution >= 4 is 0 Å². The van der Waals surface area contributed by atoms with E-state index in [0.717, 1.165) is 37.7 Å². The van der Waals surface area contributed by atoms with E-state index < -0.39 is 5.60 Å². The summed E-state index contributed by atoms with van der Waals surface area (Å²) in [6, 6.07) is 0. The highest BCUT2D eigenvalue weighted by Gasteiger charge is 2.22. The van der Waals surface area contributed by atoms with E-state index in [-0.39, 0.29) is 11.5 Å². The zero-order valence-corrected chi connectivity index (χ0v) is 21.7. The smallest absolute Gasteiger partial charge is 0.122 e. The minimum atomic E-state index is -0.857. The van der Waals surface area contributed by atoms with Crippen LogP contribution in [0, 0.1) is 20.8 Å². The van der Waals surface area contributed by atoms with E-state index in [9.17, 15) is 15.3 Å². The summed E-state index contributed by atoms with van der Waals surface area (Å²) in [6.07, 6.45) is 13.8. The average Bonchev–Trinajstić information content (AvgIpc) is 2.74.